The highest BCUT2D eigenvalue weighted by Crippen LogP contribution is 2.19. The third kappa shape index (κ3) is 3.08. The van der Waals surface area contributed by atoms with E-state index in [1.165, 1.54) is 18.2 Å². The lowest BCUT2D eigenvalue weighted by atomic mass is 10.1. The third-order valence-corrected chi connectivity index (χ3v) is 2.04. The van der Waals surface area contributed by atoms with Gasteiger partial charge in [-0.1, -0.05) is 0 Å². The van der Waals surface area contributed by atoms with E-state index in [9.17, 15) is 9.18 Å². The third-order valence-electron chi connectivity index (χ3n) is 2.04. The van der Waals surface area contributed by atoms with Gasteiger partial charge in [0.25, 0.3) is 0 Å². The molecule has 0 atom stereocenters. The summed E-state index contributed by atoms with van der Waals surface area (Å²) in [5, 5.41) is 0. The lowest BCUT2D eigenvalue weighted by Gasteiger charge is -2.04. The van der Waals surface area contributed by atoms with E-state index in [4.69, 9.17) is 10.5 Å². The minimum atomic E-state index is -0.476. The lowest BCUT2D eigenvalue weighted by molar-refractivity contribution is -0.137. The first-order valence-corrected chi connectivity index (χ1v) is 4.95. The van der Waals surface area contributed by atoms with Crippen LogP contribution >= 0.6 is 0 Å². The molecule has 0 heterocycles. The number of carbonyl (C=O) groups excluding carboxylic acids is 1. The molecule has 16 heavy (non-hydrogen) atoms. The van der Waals surface area contributed by atoms with Crippen molar-refractivity contribution in [1.82, 2.24) is 0 Å². The molecule has 0 unspecified atom stereocenters. The van der Waals surface area contributed by atoms with E-state index in [0.29, 0.717) is 23.4 Å². The molecule has 0 amide bonds. The van der Waals surface area contributed by atoms with Crippen LogP contribution in [0.1, 0.15) is 19.4 Å². The Hall–Kier alpha value is -1.84. The first kappa shape index (κ1) is 12.2. The van der Waals surface area contributed by atoms with Crippen LogP contribution in [0.15, 0.2) is 24.3 Å². The molecule has 3 nitrogen and oxygen atoms in total. The molecule has 0 aliphatic carbocycles. The summed E-state index contributed by atoms with van der Waals surface area (Å²) in [6.45, 7) is 3.66. The molecular formula is C12H14FNO2. The summed E-state index contributed by atoms with van der Waals surface area (Å²) in [4.78, 5) is 11.2. The summed E-state index contributed by atoms with van der Waals surface area (Å²) in [6, 6.07) is 4.34. The molecule has 0 aliphatic rings. The van der Waals surface area contributed by atoms with Gasteiger partial charge in [-0.2, -0.15) is 0 Å². The average molecular weight is 223 g/mol. The van der Waals surface area contributed by atoms with E-state index in [2.05, 4.69) is 0 Å². The normalized spacial score (nSPS) is 11.3. The Morgan fingerprint density at radius 2 is 2.25 bits per heavy atom. The minimum Gasteiger partial charge on any atom is -0.463 e. The van der Waals surface area contributed by atoms with Crippen LogP contribution in [0.4, 0.5) is 10.1 Å². The second-order valence-corrected chi connectivity index (χ2v) is 3.32. The predicted octanol–water partition coefficient (Wildman–Crippen LogP) is 2.37. The van der Waals surface area contributed by atoms with Crippen molar-refractivity contribution in [1.29, 1.82) is 0 Å². The zero-order valence-electron chi connectivity index (χ0n) is 9.29. The number of rotatable bonds is 3. The predicted molar refractivity (Wildman–Crippen MR) is 61.1 cm³/mol. The molecule has 4 heteroatoms. The van der Waals surface area contributed by atoms with Crippen LogP contribution in [0.5, 0.6) is 0 Å². The SMILES string of the molecule is CCOC(=O)/C=C(\C)c1ccc(N)cc1F. The molecule has 86 valence electrons. The summed E-state index contributed by atoms with van der Waals surface area (Å²) in [5.41, 5.74) is 6.64. The Morgan fingerprint density at radius 1 is 1.56 bits per heavy atom. The second kappa shape index (κ2) is 5.30. The number of carbonyl (C=O) groups is 1. The van der Waals surface area contributed by atoms with E-state index >= 15 is 0 Å². The average Bonchev–Trinajstić information content (AvgIpc) is 2.17. The van der Waals surface area contributed by atoms with Gasteiger partial charge in [-0.05, 0) is 37.6 Å². The van der Waals surface area contributed by atoms with E-state index < -0.39 is 11.8 Å². The number of hydrogen-bond donors (Lipinski definition) is 1. The molecule has 2 N–H and O–H groups in total. The van der Waals surface area contributed by atoms with Gasteiger partial charge in [-0.15, -0.1) is 0 Å². The molecule has 0 fully saturated rings. The smallest absolute Gasteiger partial charge is 0.331 e. The van der Waals surface area contributed by atoms with Crippen molar-refractivity contribution in [2.45, 2.75) is 13.8 Å². The first-order valence-electron chi connectivity index (χ1n) is 4.95. The number of hydrogen-bond acceptors (Lipinski definition) is 3. The highest BCUT2D eigenvalue weighted by molar-refractivity contribution is 5.91. The van der Waals surface area contributed by atoms with Gasteiger partial charge >= 0.3 is 5.97 Å². The van der Waals surface area contributed by atoms with E-state index in [-0.39, 0.29) is 0 Å². The van der Waals surface area contributed by atoms with Gasteiger partial charge in [0.15, 0.2) is 0 Å². The van der Waals surface area contributed by atoms with Gasteiger partial charge in [0.1, 0.15) is 5.82 Å². The van der Waals surface area contributed by atoms with Gasteiger partial charge in [-0.25, -0.2) is 9.18 Å². The molecule has 0 radical (unpaired) electrons. The molecule has 0 spiro atoms. The van der Waals surface area contributed by atoms with Gasteiger partial charge < -0.3 is 10.5 Å². The van der Waals surface area contributed by atoms with Gasteiger partial charge in [0.2, 0.25) is 0 Å². The monoisotopic (exact) mass is 223 g/mol. The minimum absolute atomic E-state index is 0.298. The van der Waals surface area contributed by atoms with E-state index in [1.54, 1.807) is 19.9 Å². The van der Waals surface area contributed by atoms with E-state index in [1.807, 2.05) is 0 Å². The fourth-order valence-electron chi connectivity index (χ4n) is 1.29. The maximum atomic E-state index is 13.5. The van der Waals surface area contributed by atoms with Gasteiger partial charge in [-0.3, -0.25) is 0 Å². The van der Waals surface area contributed by atoms with Crippen LogP contribution in [0.2, 0.25) is 0 Å². The highest BCUT2D eigenvalue weighted by atomic mass is 19.1. The number of allylic oxidation sites excluding steroid dienone is 1. The fourth-order valence-corrected chi connectivity index (χ4v) is 1.29. The quantitative estimate of drug-likeness (QED) is 0.486. The Labute approximate surface area is 93.7 Å². The first-order chi connectivity index (χ1) is 7.54. The number of esters is 1. The number of nitrogen functional groups attached to an aromatic ring is 1. The summed E-state index contributed by atoms with van der Waals surface area (Å²) in [7, 11) is 0. The van der Waals surface area contributed by atoms with Crippen molar-refractivity contribution in [3.05, 3.63) is 35.7 Å². The highest BCUT2D eigenvalue weighted by Gasteiger charge is 2.06. The van der Waals surface area contributed by atoms with Crippen molar-refractivity contribution in [2.24, 2.45) is 0 Å². The lowest BCUT2D eigenvalue weighted by Crippen LogP contribution is -2.01. The number of halogens is 1. The largest absolute Gasteiger partial charge is 0.463 e. The number of nitrogens with two attached hydrogens (primary N) is 1. The molecule has 0 saturated heterocycles. The fraction of sp³-hybridized carbons (Fsp3) is 0.250. The van der Waals surface area contributed by atoms with Crippen molar-refractivity contribution >= 4 is 17.2 Å². The molecule has 0 aromatic heterocycles. The molecule has 1 aromatic carbocycles. The summed E-state index contributed by atoms with van der Waals surface area (Å²) < 4.78 is 18.2. The zero-order chi connectivity index (χ0) is 12.1. The van der Waals surface area contributed by atoms with Gasteiger partial charge in [0, 0.05) is 17.3 Å². The van der Waals surface area contributed by atoms with Crippen molar-refractivity contribution in [2.75, 3.05) is 12.3 Å². The number of ether oxygens (including phenoxy) is 1. The van der Waals surface area contributed by atoms with Crippen molar-refractivity contribution in [3.8, 4) is 0 Å². The van der Waals surface area contributed by atoms with Crippen LogP contribution < -0.4 is 5.73 Å². The van der Waals surface area contributed by atoms with Crippen molar-refractivity contribution < 1.29 is 13.9 Å². The standard InChI is InChI=1S/C12H14FNO2/c1-3-16-12(15)6-8(2)10-5-4-9(14)7-11(10)13/h4-7H,3,14H2,1-2H3/b8-6+. The Morgan fingerprint density at radius 3 is 2.81 bits per heavy atom. The van der Waals surface area contributed by atoms with Crippen LogP contribution in [-0.4, -0.2) is 12.6 Å². The summed E-state index contributed by atoms with van der Waals surface area (Å²) >= 11 is 0. The Bertz CT molecular complexity index is 427. The van der Waals surface area contributed by atoms with Crippen LogP contribution in [0.25, 0.3) is 5.57 Å². The van der Waals surface area contributed by atoms with Gasteiger partial charge in [0.05, 0.1) is 6.61 Å². The number of anilines is 1. The van der Waals surface area contributed by atoms with Crippen LogP contribution in [-0.2, 0) is 9.53 Å². The van der Waals surface area contributed by atoms with Crippen LogP contribution in [0, 0.1) is 5.82 Å². The molecule has 0 saturated carbocycles. The maximum absolute atomic E-state index is 13.5. The van der Waals surface area contributed by atoms with Crippen LogP contribution in [0.3, 0.4) is 0 Å². The number of benzene rings is 1. The zero-order valence-corrected chi connectivity index (χ0v) is 9.29. The Balaban J connectivity index is 2.96. The molecule has 0 bridgehead atoms. The molecule has 1 rings (SSSR count). The molecular weight excluding hydrogens is 209 g/mol. The summed E-state index contributed by atoms with van der Waals surface area (Å²) in [5.74, 6) is -0.922. The maximum Gasteiger partial charge on any atom is 0.331 e. The molecule has 0 aliphatic heterocycles. The van der Waals surface area contributed by atoms with Crippen molar-refractivity contribution in [3.63, 3.8) is 0 Å². The Kier molecular flexibility index (Phi) is 4.05. The molecule has 1 aromatic rings. The summed E-state index contributed by atoms with van der Waals surface area (Å²) in [6.07, 6.45) is 1.26. The second-order valence-electron chi connectivity index (χ2n) is 3.32. The van der Waals surface area contributed by atoms with E-state index in [0.717, 1.165) is 0 Å². The topological polar surface area (TPSA) is 52.3 Å².